The third-order valence-corrected chi connectivity index (χ3v) is 4.81. The lowest BCUT2D eigenvalue weighted by Crippen LogP contribution is -2.48. The van der Waals surface area contributed by atoms with Crippen LogP contribution in [0.3, 0.4) is 0 Å². The molecule has 2 heterocycles. The number of hydrogen-bond acceptors (Lipinski definition) is 4. The Hall–Kier alpha value is 0.0300. The molecule has 2 N–H and O–H groups in total. The molecule has 0 saturated carbocycles. The van der Waals surface area contributed by atoms with Crippen LogP contribution in [0.25, 0.3) is 0 Å². The van der Waals surface area contributed by atoms with Crippen molar-refractivity contribution in [3.8, 4) is 0 Å². The first-order valence-electron chi connectivity index (χ1n) is 7.19. The van der Waals surface area contributed by atoms with Gasteiger partial charge in [-0.3, -0.25) is 10.1 Å². The minimum Gasteiger partial charge on any atom is -0.377 e. The number of amides is 1. The Kier molecular flexibility index (Phi) is 7.12. The van der Waals surface area contributed by atoms with Crippen molar-refractivity contribution in [1.82, 2.24) is 10.6 Å². The van der Waals surface area contributed by atoms with E-state index in [0.717, 1.165) is 37.6 Å². The zero-order valence-electron chi connectivity index (χ0n) is 12.6. The quantitative estimate of drug-likeness (QED) is 0.835. The van der Waals surface area contributed by atoms with E-state index in [9.17, 15) is 4.79 Å². The minimum absolute atomic E-state index is 0. The first-order chi connectivity index (χ1) is 8.98. The largest absolute Gasteiger partial charge is 0.377 e. The Morgan fingerprint density at radius 2 is 2.20 bits per heavy atom. The molecule has 0 aromatic rings. The number of thioether (sulfide) groups is 1. The van der Waals surface area contributed by atoms with E-state index in [2.05, 4.69) is 31.4 Å². The second-order valence-corrected chi connectivity index (χ2v) is 7.61. The SMILES string of the molecule is CC(C)(C)C1OCCCC1CNC(=O)C1CSCN1.Cl. The summed E-state index contributed by atoms with van der Waals surface area (Å²) in [7, 11) is 0. The lowest BCUT2D eigenvalue weighted by atomic mass is 9.78. The van der Waals surface area contributed by atoms with Gasteiger partial charge in [0.05, 0.1) is 12.1 Å². The van der Waals surface area contributed by atoms with Crippen LogP contribution in [0.4, 0.5) is 0 Å². The van der Waals surface area contributed by atoms with Crippen LogP contribution in [0.2, 0.25) is 0 Å². The van der Waals surface area contributed by atoms with Gasteiger partial charge in [-0.25, -0.2) is 0 Å². The van der Waals surface area contributed by atoms with Gasteiger partial charge < -0.3 is 10.1 Å². The summed E-state index contributed by atoms with van der Waals surface area (Å²) in [6.45, 7) is 8.24. The summed E-state index contributed by atoms with van der Waals surface area (Å²) in [6, 6.07) is -0.0115. The van der Waals surface area contributed by atoms with E-state index >= 15 is 0 Å². The Balaban J connectivity index is 0.00000200. The Morgan fingerprint density at radius 3 is 2.80 bits per heavy atom. The topological polar surface area (TPSA) is 50.4 Å². The number of rotatable bonds is 3. The van der Waals surface area contributed by atoms with Gasteiger partial charge in [0.1, 0.15) is 0 Å². The summed E-state index contributed by atoms with van der Waals surface area (Å²) in [5, 5.41) is 6.31. The van der Waals surface area contributed by atoms with Gasteiger partial charge >= 0.3 is 0 Å². The number of nitrogens with one attached hydrogen (secondary N) is 2. The average Bonchev–Trinajstić information content (AvgIpc) is 2.89. The van der Waals surface area contributed by atoms with Crippen molar-refractivity contribution in [3.05, 3.63) is 0 Å². The molecule has 0 radical (unpaired) electrons. The molecule has 0 aromatic heterocycles. The van der Waals surface area contributed by atoms with Gasteiger partial charge in [-0.05, 0) is 18.3 Å². The Morgan fingerprint density at radius 1 is 1.45 bits per heavy atom. The molecule has 1 amide bonds. The van der Waals surface area contributed by atoms with Crippen molar-refractivity contribution in [3.63, 3.8) is 0 Å². The van der Waals surface area contributed by atoms with Crippen molar-refractivity contribution in [2.75, 3.05) is 24.8 Å². The fourth-order valence-corrected chi connectivity index (χ4v) is 3.87. The molecular formula is C14H27ClN2O2S. The molecule has 2 rings (SSSR count). The molecular weight excluding hydrogens is 296 g/mol. The summed E-state index contributed by atoms with van der Waals surface area (Å²) < 4.78 is 5.94. The normalized spacial score (nSPS) is 30.6. The van der Waals surface area contributed by atoms with Gasteiger partial charge in [0.15, 0.2) is 0 Å². The predicted octanol–water partition coefficient (Wildman–Crippen LogP) is 2.03. The van der Waals surface area contributed by atoms with E-state index in [-0.39, 0.29) is 35.9 Å². The zero-order valence-corrected chi connectivity index (χ0v) is 14.2. The highest BCUT2D eigenvalue weighted by molar-refractivity contribution is 7.99. The standard InChI is InChI=1S/C14H26N2O2S.ClH/c1-14(2,3)12-10(5-4-6-18-12)7-15-13(17)11-8-19-9-16-11;/h10-12,16H,4-9H2,1-3H3,(H,15,17);1H. The van der Waals surface area contributed by atoms with Gasteiger partial charge in [0.2, 0.25) is 5.91 Å². The van der Waals surface area contributed by atoms with Crippen molar-refractivity contribution in [2.24, 2.45) is 11.3 Å². The second-order valence-electron chi connectivity index (χ2n) is 6.58. The minimum atomic E-state index is -0.0115. The predicted molar refractivity (Wildman–Crippen MR) is 86.4 cm³/mol. The summed E-state index contributed by atoms with van der Waals surface area (Å²) in [6.07, 6.45) is 2.49. The Labute approximate surface area is 132 Å². The van der Waals surface area contributed by atoms with Crippen LogP contribution >= 0.6 is 24.2 Å². The zero-order chi connectivity index (χ0) is 13.9. The molecule has 118 valence electrons. The van der Waals surface area contributed by atoms with Crippen LogP contribution in [0.1, 0.15) is 33.6 Å². The van der Waals surface area contributed by atoms with Crippen molar-refractivity contribution >= 4 is 30.1 Å². The van der Waals surface area contributed by atoms with E-state index in [4.69, 9.17) is 4.74 Å². The van der Waals surface area contributed by atoms with Gasteiger partial charge in [0.25, 0.3) is 0 Å². The number of halogens is 1. The van der Waals surface area contributed by atoms with Crippen LogP contribution in [0.5, 0.6) is 0 Å². The fourth-order valence-electron chi connectivity index (χ4n) is 2.93. The maximum Gasteiger partial charge on any atom is 0.238 e. The van der Waals surface area contributed by atoms with E-state index in [0.29, 0.717) is 5.92 Å². The lowest BCUT2D eigenvalue weighted by molar-refractivity contribution is -0.124. The highest BCUT2D eigenvalue weighted by Gasteiger charge is 2.35. The van der Waals surface area contributed by atoms with Crippen molar-refractivity contribution in [1.29, 1.82) is 0 Å². The molecule has 20 heavy (non-hydrogen) atoms. The molecule has 0 aromatic carbocycles. The number of carbonyl (C=O) groups excluding carboxylic acids is 1. The molecule has 0 aliphatic carbocycles. The highest BCUT2D eigenvalue weighted by Crippen LogP contribution is 2.33. The first kappa shape index (κ1) is 18.1. The molecule has 2 fully saturated rings. The summed E-state index contributed by atoms with van der Waals surface area (Å²) >= 11 is 1.78. The molecule has 0 spiro atoms. The van der Waals surface area contributed by atoms with Crippen LogP contribution in [-0.2, 0) is 9.53 Å². The highest BCUT2D eigenvalue weighted by atomic mass is 35.5. The third kappa shape index (κ3) is 4.79. The molecule has 3 atom stereocenters. The molecule has 2 saturated heterocycles. The van der Waals surface area contributed by atoms with E-state index in [1.165, 1.54) is 0 Å². The molecule has 2 aliphatic heterocycles. The molecule has 0 bridgehead atoms. The van der Waals surface area contributed by atoms with Gasteiger partial charge in [-0.2, -0.15) is 0 Å². The van der Waals surface area contributed by atoms with Crippen LogP contribution in [-0.4, -0.2) is 42.8 Å². The molecule has 6 heteroatoms. The second kappa shape index (κ2) is 7.87. The number of ether oxygens (including phenoxy) is 1. The van der Waals surface area contributed by atoms with E-state index in [1.54, 1.807) is 11.8 Å². The number of hydrogen-bond donors (Lipinski definition) is 2. The molecule has 2 aliphatic rings. The fraction of sp³-hybridized carbons (Fsp3) is 0.929. The maximum atomic E-state index is 12.0. The van der Waals surface area contributed by atoms with Crippen molar-refractivity contribution < 1.29 is 9.53 Å². The van der Waals surface area contributed by atoms with Crippen molar-refractivity contribution in [2.45, 2.75) is 45.8 Å². The van der Waals surface area contributed by atoms with E-state index < -0.39 is 0 Å². The summed E-state index contributed by atoms with van der Waals surface area (Å²) in [5.41, 5.74) is 0.136. The first-order valence-corrected chi connectivity index (χ1v) is 8.34. The molecule has 3 unspecified atom stereocenters. The number of carbonyl (C=O) groups is 1. The van der Waals surface area contributed by atoms with Crippen LogP contribution in [0.15, 0.2) is 0 Å². The smallest absolute Gasteiger partial charge is 0.238 e. The van der Waals surface area contributed by atoms with Gasteiger partial charge in [-0.15, -0.1) is 24.2 Å². The van der Waals surface area contributed by atoms with Gasteiger partial charge in [-0.1, -0.05) is 20.8 Å². The van der Waals surface area contributed by atoms with E-state index in [1.807, 2.05) is 0 Å². The lowest BCUT2D eigenvalue weighted by Gasteiger charge is -2.40. The van der Waals surface area contributed by atoms with Crippen LogP contribution in [0, 0.1) is 11.3 Å². The summed E-state index contributed by atoms with van der Waals surface area (Å²) in [5.74, 6) is 2.35. The Bertz CT molecular complexity index is 317. The third-order valence-electron chi connectivity index (χ3n) is 3.87. The van der Waals surface area contributed by atoms with Gasteiger partial charge in [0, 0.05) is 30.7 Å². The maximum absolute atomic E-state index is 12.0. The molecule has 4 nitrogen and oxygen atoms in total. The summed E-state index contributed by atoms with van der Waals surface area (Å²) in [4.78, 5) is 12.0. The monoisotopic (exact) mass is 322 g/mol. The van der Waals surface area contributed by atoms with Crippen LogP contribution < -0.4 is 10.6 Å². The average molecular weight is 323 g/mol.